The standard InChI is InChI=1S/C15H19NO2/c17-14(18)13-10-4-9-5-11(13)8-15(6-9,7-10)12-2-1-3-16-12/h1-3,9-11,13,16H,4-8H2,(H,17,18). The summed E-state index contributed by atoms with van der Waals surface area (Å²) >= 11 is 0. The van der Waals surface area contributed by atoms with Crippen molar-refractivity contribution in [3.63, 3.8) is 0 Å². The van der Waals surface area contributed by atoms with Crippen LogP contribution in [0.5, 0.6) is 0 Å². The van der Waals surface area contributed by atoms with Crippen LogP contribution in [0.1, 0.15) is 37.8 Å². The Morgan fingerprint density at radius 1 is 1.28 bits per heavy atom. The monoisotopic (exact) mass is 245 g/mol. The van der Waals surface area contributed by atoms with E-state index in [-0.39, 0.29) is 11.3 Å². The molecular formula is C15H19NO2. The highest BCUT2D eigenvalue weighted by Gasteiger charge is 2.58. The number of carboxylic acid groups (broad SMARTS) is 1. The molecule has 1 aromatic heterocycles. The molecule has 2 N–H and O–H groups in total. The molecule has 4 saturated carbocycles. The first kappa shape index (κ1) is 10.7. The molecule has 5 rings (SSSR count). The maximum Gasteiger partial charge on any atom is 0.307 e. The summed E-state index contributed by atoms with van der Waals surface area (Å²) in [7, 11) is 0. The van der Waals surface area contributed by atoms with E-state index in [9.17, 15) is 9.90 Å². The van der Waals surface area contributed by atoms with Gasteiger partial charge in [-0.05, 0) is 62.0 Å². The SMILES string of the molecule is O=C(O)C1C2CC3CC1CC(c1ccc[nH]1)(C3)C2. The van der Waals surface area contributed by atoms with Crippen LogP contribution in [0.25, 0.3) is 0 Å². The van der Waals surface area contributed by atoms with Gasteiger partial charge in [0, 0.05) is 17.3 Å². The first-order valence-corrected chi connectivity index (χ1v) is 7.05. The maximum absolute atomic E-state index is 11.5. The van der Waals surface area contributed by atoms with E-state index in [1.54, 1.807) is 0 Å². The molecule has 0 saturated heterocycles. The summed E-state index contributed by atoms with van der Waals surface area (Å²) in [5.74, 6) is 0.977. The Labute approximate surface area is 107 Å². The molecule has 2 atom stereocenters. The van der Waals surface area contributed by atoms with Gasteiger partial charge < -0.3 is 10.1 Å². The highest BCUT2D eigenvalue weighted by Crippen LogP contribution is 2.62. The molecule has 0 spiro atoms. The molecule has 0 aliphatic heterocycles. The van der Waals surface area contributed by atoms with Crippen LogP contribution in [0.3, 0.4) is 0 Å². The zero-order chi connectivity index (χ0) is 12.3. The van der Waals surface area contributed by atoms with E-state index in [2.05, 4.69) is 17.1 Å². The van der Waals surface area contributed by atoms with Crippen LogP contribution in [-0.2, 0) is 10.2 Å². The molecule has 3 nitrogen and oxygen atoms in total. The summed E-state index contributed by atoms with van der Waals surface area (Å²) in [6.07, 6.45) is 7.73. The second-order valence-corrected chi connectivity index (χ2v) is 6.70. The van der Waals surface area contributed by atoms with Crippen molar-refractivity contribution in [1.82, 2.24) is 4.98 Å². The molecule has 1 aromatic rings. The highest BCUT2D eigenvalue weighted by atomic mass is 16.4. The van der Waals surface area contributed by atoms with Crippen molar-refractivity contribution in [3.05, 3.63) is 24.0 Å². The molecule has 96 valence electrons. The van der Waals surface area contributed by atoms with E-state index in [0.717, 1.165) is 31.6 Å². The van der Waals surface area contributed by atoms with Crippen LogP contribution in [0.4, 0.5) is 0 Å². The zero-order valence-electron chi connectivity index (χ0n) is 10.4. The van der Waals surface area contributed by atoms with Gasteiger partial charge in [0.1, 0.15) is 0 Å². The van der Waals surface area contributed by atoms with Crippen LogP contribution in [0, 0.1) is 23.7 Å². The van der Waals surface area contributed by atoms with E-state index in [0.29, 0.717) is 11.8 Å². The Morgan fingerprint density at radius 2 is 2.00 bits per heavy atom. The number of rotatable bonds is 2. The number of H-pyrrole nitrogens is 1. The van der Waals surface area contributed by atoms with Crippen LogP contribution in [0.2, 0.25) is 0 Å². The first-order valence-electron chi connectivity index (χ1n) is 7.05. The average Bonchev–Trinajstić information content (AvgIpc) is 2.80. The average molecular weight is 245 g/mol. The topological polar surface area (TPSA) is 53.1 Å². The van der Waals surface area contributed by atoms with E-state index in [4.69, 9.17) is 0 Å². The Morgan fingerprint density at radius 3 is 2.56 bits per heavy atom. The molecule has 3 heteroatoms. The van der Waals surface area contributed by atoms with E-state index in [1.165, 1.54) is 12.1 Å². The van der Waals surface area contributed by atoms with Crippen molar-refractivity contribution in [1.29, 1.82) is 0 Å². The Balaban J connectivity index is 1.73. The molecule has 4 bridgehead atoms. The normalized spacial score (nSPS) is 45.3. The largest absolute Gasteiger partial charge is 0.481 e. The predicted octanol–water partition coefficient (Wildman–Crippen LogP) is 2.79. The number of aliphatic carboxylic acids is 1. The summed E-state index contributed by atoms with van der Waals surface area (Å²) in [5.41, 5.74) is 1.62. The van der Waals surface area contributed by atoms with Gasteiger partial charge in [0.05, 0.1) is 5.92 Å². The Hall–Kier alpha value is -1.25. The molecule has 18 heavy (non-hydrogen) atoms. The smallest absolute Gasteiger partial charge is 0.307 e. The van der Waals surface area contributed by atoms with Crippen molar-refractivity contribution in [2.45, 2.75) is 37.5 Å². The molecule has 1 heterocycles. The highest BCUT2D eigenvalue weighted by molar-refractivity contribution is 5.71. The van der Waals surface area contributed by atoms with Crippen molar-refractivity contribution in [3.8, 4) is 0 Å². The third-order valence-corrected chi connectivity index (χ3v) is 5.73. The third-order valence-electron chi connectivity index (χ3n) is 5.73. The quantitative estimate of drug-likeness (QED) is 0.841. The van der Waals surface area contributed by atoms with Gasteiger partial charge in [-0.1, -0.05) is 0 Å². The molecular weight excluding hydrogens is 226 g/mol. The zero-order valence-corrected chi connectivity index (χ0v) is 10.4. The number of carboxylic acids is 1. The molecule has 0 aromatic carbocycles. The van der Waals surface area contributed by atoms with Gasteiger partial charge in [-0.15, -0.1) is 0 Å². The second kappa shape index (κ2) is 3.40. The van der Waals surface area contributed by atoms with Crippen LogP contribution < -0.4 is 0 Å². The second-order valence-electron chi connectivity index (χ2n) is 6.70. The molecule has 0 amide bonds. The van der Waals surface area contributed by atoms with Crippen molar-refractivity contribution in [2.24, 2.45) is 23.7 Å². The van der Waals surface area contributed by atoms with E-state index in [1.807, 2.05) is 6.20 Å². The van der Waals surface area contributed by atoms with Gasteiger partial charge >= 0.3 is 5.97 Å². The summed E-state index contributed by atoms with van der Waals surface area (Å²) in [6, 6.07) is 4.27. The van der Waals surface area contributed by atoms with E-state index >= 15 is 0 Å². The van der Waals surface area contributed by atoms with Gasteiger partial charge in [0.25, 0.3) is 0 Å². The third kappa shape index (κ3) is 1.28. The number of aromatic nitrogens is 1. The maximum atomic E-state index is 11.5. The Kier molecular flexibility index (Phi) is 2.01. The minimum atomic E-state index is -0.551. The lowest BCUT2D eigenvalue weighted by molar-refractivity contribution is -0.157. The lowest BCUT2D eigenvalue weighted by Gasteiger charge is -2.58. The number of hydrogen-bond acceptors (Lipinski definition) is 1. The Bertz CT molecular complexity index is 463. The summed E-state index contributed by atoms with van der Waals surface area (Å²) in [6.45, 7) is 0. The number of aromatic amines is 1. The van der Waals surface area contributed by atoms with Gasteiger partial charge in [-0.3, -0.25) is 4.79 Å². The van der Waals surface area contributed by atoms with Gasteiger partial charge in [0.15, 0.2) is 0 Å². The molecule has 4 aliphatic carbocycles. The fourth-order valence-electron chi connectivity index (χ4n) is 5.42. The van der Waals surface area contributed by atoms with Crippen LogP contribution >= 0.6 is 0 Å². The summed E-state index contributed by atoms with van der Waals surface area (Å²) in [4.78, 5) is 14.9. The van der Waals surface area contributed by atoms with Gasteiger partial charge in [-0.2, -0.15) is 0 Å². The summed E-state index contributed by atoms with van der Waals surface area (Å²) < 4.78 is 0. The van der Waals surface area contributed by atoms with Crippen molar-refractivity contribution >= 4 is 5.97 Å². The van der Waals surface area contributed by atoms with E-state index < -0.39 is 5.97 Å². The first-order chi connectivity index (χ1) is 8.68. The van der Waals surface area contributed by atoms with Gasteiger partial charge in [0.2, 0.25) is 0 Å². The molecule has 4 aliphatic rings. The van der Waals surface area contributed by atoms with Crippen LogP contribution in [-0.4, -0.2) is 16.1 Å². The number of nitrogens with one attached hydrogen (secondary N) is 1. The number of carbonyl (C=O) groups is 1. The minimum absolute atomic E-state index is 0.0652. The summed E-state index contributed by atoms with van der Waals surface area (Å²) in [5, 5.41) is 9.45. The molecule has 4 fully saturated rings. The van der Waals surface area contributed by atoms with Crippen LogP contribution in [0.15, 0.2) is 18.3 Å². The number of hydrogen-bond donors (Lipinski definition) is 2. The predicted molar refractivity (Wildman–Crippen MR) is 67.2 cm³/mol. The fraction of sp³-hybridized carbons (Fsp3) is 0.667. The van der Waals surface area contributed by atoms with Crippen molar-refractivity contribution < 1.29 is 9.90 Å². The minimum Gasteiger partial charge on any atom is -0.481 e. The van der Waals surface area contributed by atoms with Crippen molar-refractivity contribution in [2.75, 3.05) is 0 Å². The fourth-order valence-corrected chi connectivity index (χ4v) is 5.42. The molecule has 0 radical (unpaired) electrons. The lowest BCUT2D eigenvalue weighted by Crippen LogP contribution is -2.55. The van der Waals surface area contributed by atoms with Gasteiger partial charge in [-0.25, -0.2) is 0 Å². The lowest BCUT2D eigenvalue weighted by atomic mass is 9.45. The molecule has 2 unspecified atom stereocenters.